The van der Waals surface area contributed by atoms with Gasteiger partial charge in [-0.15, -0.1) is 0 Å². The average Bonchev–Trinajstić information content (AvgIpc) is 2.28. The average molecular weight is 279 g/mol. The Morgan fingerprint density at radius 2 is 1.67 bits per heavy atom. The molecule has 1 aliphatic carbocycles. The molecule has 0 spiro atoms. The zero-order valence-electron chi connectivity index (χ0n) is 10.7. The largest absolute Gasteiger partial charge is 0.375 e. The minimum atomic E-state index is 0.228. The van der Waals surface area contributed by atoms with Crippen LogP contribution in [0.4, 0.5) is 0 Å². The first-order chi connectivity index (χ1) is 7.27. The summed E-state index contributed by atoms with van der Waals surface area (Å²) in [5.41, 5.74) is 0.228. The lowest BCUT2D eigenvalue weighted by Gasteiger charge is -2.33. The second kappa shape index (κ2) is 9.65. The molecule has 0 aromatic heterocycles. The summed E-state index contributed by atoms with van der Waals surface area (Å²) in [5.74, 6) is 1.81. The summed E-state index contributed by atoms with van der Waals surface area (Å²) in [6.45, 7) is 5.50. The molecule has 0 saturated heterocycles. The van der Waals surface area contributed by atoms with E-state index < -0.39 is 0 Å². The molecule has 1 fully saturated rings. The Labute approximate surface area is 104 Å². The molecule has 0 aromatic carbocycles. The van der Waals surface area contributed by atoms with Crippen molar-refractivity contribution < 1.29 is 4.74 Å². The van der Waals surface area contributed by atoms with E-state index >= 15 is 0 Å². The van der Waals surface area contributed by atoms with Crippen LogP contribution in [-0.2, 0) is 4.74 Å². The van der Waals surface area contributed by atoms with Crippen molar-refractivity contribution in [3.05, 3.63) is 0 Å². The van der Waals surface area contributed by atoms with Gasteiger partial charge in [0.15, 0.2) is 0 Å². The number of unbranched alkanes of at least 4 members (excludes halogenated alkanes) is 2. The van der Waals surface area contributed by atoms with E-state index in [1.54, 1.807) is 0 Å². The number of ether oxygens (including phenoxy) is 1. The molecule has 0 amide bonds. The van der Waals surface area contributed by atoms with E-state index in [0.717, 1.165) is 6.61 Å². The Balaban J connectivity index is 0.000000921. The fourth-order valence-electron chi connectivity index (χ4n) is 2.11. The summed E-state index contributed by atoms with van der Waals surface area (Å²) in [4.78, 5) is 0. The SMILES string of the molecule is CBr.CCCCCOC1(C)CCCCC1. The Morgan fingerprint density at radius 1 is 1.07 bits per heavy atom. The maximum Gasteiger partial charge on any atom is 0.0654 e. The van der Waals surface area contributed by atoms with E-state index in [-0.39, 0.29) is 5.60 Å². The predicted octanol–water partition coefficient (Wildman–Crippen LogP) is 4.93. The van der Waals surface area contributed by atoms with Crippen molar-refractivity contribution >= 4 is 15.9 Å². The van der Waals surface area contributed by atoms with Gasteiger partial charge in [-0.25, -0.2) is 0 Å². The lowest BCUT2D eigenvalue weighted by Crippen LogP contribution is -2.31. The van der Waals surface area contributed by atoms with Crippen LogP contribution in [0, 0.1) is 0 Å². The summed E-state index contributed by atoms with van der Waals surface area (Å²) >= 11 is 2.94. The van der Waals surface area contributed by atoms with E-state index in [9.17, 15) is 0 Å². The third-order valence-electron chi connectivity index (χ3n) is 3.11. The molecule has 0 unspecified atom stereocenters. The molecular weight excluding hydrogens is 252 g/mol. The fraction of sp³-hybridized carbons (Fsp3) is 1.00. The second-order valence-electron chi connectivity index (χ2n) is 4.57. The number of alkyl halides is 1. The Hall–Kier alpha value is 0.440. The van der Waals surface area contributed by atoms with Gasteiger partial charge in [-0.2, -0.15) is 0 Å². The van der Waals surface area contributed by atoms with Crippen LogP contribution in [0.2, 0.25) is 0 Å². The van der Waals surface area contributed by atoms with Gasteiger partial charge in [0.2, 0.25) is 0 Å². The van der Waals surface area contributed by atoms with Crippen LogP contribution in [0.15, 0.2) is 0 Å². The highest BCUT2D eigenvalue weighted by molar-refractivity contribution is 9.08. The third kappa shape index (κ3) is 7.35. The van der Waals surface area contributed by atoms with Crippen LogP contribution in [0.1, 0.15) is 65.2 Å². The smallest absolute Gasteiger partial charge is 0.0654 e. The molecular formula is C13H27BrO. The van der Waals surface area contributed by atoms with Crippen molar-refractivity contribution in [1.29, 1.82) is 0 Å². The van der Waals surface area contributed by atoms with Gasteiger partial charge in [0.25, 0.3) is 0 Å². The summed E-state index contributed by atoms with van der Waals surface area (Å²) in [7, 11) is 0. The van der Waals surface area contributed by atoms with Crippen molar-refractivity contribution in [3.63, 3.8) is 0 Å². The van der Waals surface area contributed by atoms with Gasteiger partial charge in [0.05, 0.1) is 5.60 Å². The first kappa shape index (κ1) is 15.4. The molecule has 0 aromatic rings. The van der Waals surface area contributed by atoms with E-state index in [1.807, 2.05) is 5.83 Å². The standard InChI is InChI=1S/C12H24O.CH3Br/c1-3-4-8-11-13-12(2)9-6-5-7-10-12;1-2/h3-11H2,1-2H3;1H3. The minimum Gasteiger partial charge on any atom is -0.375 e. The van der Waals surface area contributed by atoms with Crippen LogP contribution in [0.25, 0.3) is 0 Å². The molecule has 0 heterocycles. The molecule has 15 heavy (non-hydrogen) atoms. The molecule has 0 N–H and O–H groups in total. The molecule has 0 aliphatic heterocycles. The molecule has 92 valence electrons. The normalized spacial score (nSPS) is 19.2. The second-order valence-corrected chi connectivity index (χ2v) is 4.57. The van der Waals surface area contributed by atoms with Crippen LogP contribution in [0.5, 0.6) is 0 Å². The zero-order valence-corrected chi connectivity index (χ0v) is 12.2. The first-order valence-electron chi connectivity index (χ1n) is 6.28. The Kier molecular flexibility index (Phi) is 9.93. The maximum atomic E-state index is 5.97. The highest BCUT2D eigenvalue weighted by Gasteiger charge is 2.26. The van der Waals surface area contributed by atoms with Gasteiger partial charge in [0.1, 0.15) is 0 Å². The fourth-order valence-corrected chi connectivity index (χ4v) is 2.11. The molecule has 2 heteroatoms. The van der Waals surface area contributed by atoms with Gasteiger partial charge in [0, 0.05) is 6.61 Å². The maximum absolute atomic E-state index is 5.97. The quantitative estimate of drug-likeness (QED) is 0.512. The highest BCUT2D eigenvalue weighted by Crippen LogP contribution is 2.31. The molecule has 1 rings (SSSR count). The van der Waals surface area contributed by atoms with Crippen molar-refractivity contribution in [1.82, 2.24) is 0 Å². The molecule has 0 atom stereocenters. The highest BCUT2D eigenvalue weighted by atomic mass is 79.9. The number of hydrogen-bond donors (Lipinski definition) is 0. The van der Waals surface area contributed by atoms with E-state index in [2.05, 4.69) is 29.8 Å². The summed E-state index contributed by atoms with van der Waals surface area (Å²) < 4.78 is 5.97. The van der Waals surface area contributed by atoms with Gasteiger partial charge in [-0.3, -0.25) is 0 Å². The zero-order chi connectivity index (χ0) is 11.6. The first-order valence-corrected chi connectivity index (χ1v) is 7.87. The lowest BCUT2D eigenvalue weighted by atomic mass is 9.86. The van der Waals surface area contributed by atoms with Crippen molar-refractivity contribution in [2.45, 2.75) is 70.8 Å². The minimum absolute atomic E-state index is 0.228. The number of hydrogen-bond acceptors (Lipinski definition) is 1. The number of rotatable bonds is 5. The lowest BCUT2D eigenvalue weighted by molar-refractivity contribution is -0.0573. The van der Waals surface area contributed by atoms with Crippen LogP contribution in [-0.4, -0.2) is 18.0 Å². The molecule has 0 radical (unpaired) electrons. The van der Waals surface area contributed by atoms with Crippen LogP contribution in [0.3, 0.4) is 0 Å². The third-order valence-corrected chi connectivity index (χ3v) is 3.11. The van der Waals surface area contributed by atoms with Crippen molar-refractivity contribution in [2.75, 3.05) is 12.4 Å². The predicted molar refractivity (Wildman–Crippen MR) is 71.8 cm³/mol. The van der Waals surface area contributed by atoms with Crippen LogP contribution >= 0.6 is 15.9 Å². The number of halogens is 1. The Morgan fingerprint density at radius 3 is 2.20 bits per heavy atom. The van der Waals surface area contributed by atoms with Gasteiger partial charge < -0.3 is 4.74 Å². The summed E-state index contributed by atoms with van der Waals surface area (Å²) in [5, 5.41) is 0. The summed E-state index contributed by atoms with van der Waals surface area (Å²) in [6, 6.07) is 0. The van der Waals surface area contributed by atoms with Gasteiger partial charge in [-0.05, 0) is 32.0 Å². The van der Waals surface area contributed by atoms with Crippen molar-refractivity contribution in [3.8, 4) is 0 Å². The molecule has 0 bridgehead atoms. The summed E-state index contributed by atoms with van der Waals surface area (Å²) in [6.07, 6.45) is 10.5. The van der Waals surface area contributed by atoms with Crippen LogP contribution < -0.4 is 0 Å². The van der Waals surface area contributed by atoms with Gasteiger partial charge >= 0.3 is 0 Å². The van der Waals surface area contributed by atoms with E-state index in [4.69, 9.17) is 4.74 Å². The topological polar surface area (TPSA) is 9.23 Å². The molecule has 1 nitrogen and oxygen atoms in total. The Bertz CT molecular complexity index is 130. The molecule has 1 aliphatic rings. The monoisotopic (exact) mass is 278 g/mol. The van der Waals surface area contributed by atoms with E-state index in [1.165, 1.54) is 51.4 Å². The van der Waals surface area contributed by atoms with E-state index in [0.29, 0.717) is 0 Å². The molecule has 1 saturated carbocycles. The van der Waals surface area contributed by atoms with Gasteiger partial charge in [-0.1, -0.05) is 55.0 Å². The van der Waals surface area contributed by atoms with Crippen molar-refractivity contribution in [2.24, 2.45) is 0 Å².